The topological polar surface area (TPSA) is 88.9 Å². The van der Waals surface area contributed by atoms with E-state index in [2.05, 4.69) is 56.6 Å². The second-order valence-electron chi connectivity index (χ2n) is 9.43. The molecule has 2 aromatic carbocycles. The van der Waals surface area contributed by atoms with Gasteiger partial charge in [0.25, 0.3) is 5.56 Å². The van der Waals surface area contributed by atoms with E-state index in [0.717, 1.165) is 60.1 Å². The second kappa shape index (κ2) is 8.36. The Morgan fingerprint density at radius 3 is 2.94 bits per heavy atom. The van der Waals surface area contributed by atoms with Crippen LogP contribution in [0.15, 0.2) is 47.3 Å². The summed E-state index contributed by atoms with van der Waals surface area (Å²) < 4.78 is 7.69. The highest BCUT2D eigenvalue weighted by molar-refractivity contribution is 5.83. The molecule has 1 fully saturated rings. The number of nitrogens with one attached hydrogen (secondary N) is 1. The first-order valence-corrected chi connectivity index (χ1v) is 11.9. The lowest BCUT2D eigenvalue weighted by atomic mass is 10.00. The fraction of sp³-hybridized carbons (Fsp3) is 0.385. The van der Waals surface area contributed by atoms with Crippen LogP contribution in [-0.4, -0.2) is 44.4 Å². The molecule has 2 aromatic heterocycles. The zero-order valence-corrected chi connectivity index (χ0v) is 19.5. The number of hydrogen-bond acceptors (Lipinski definition) is 6. The quantitative estimate of drug-likeness (QED) is 0.495. The average molecular weight is 457 g/mol. The molecule has 4 heterocycles. The standard InChI is InChI=1S/C26H28N6O2/c1-16-12-17(2)20-14-21(26(33)27-22(20)13-16)24(31-10-9-18-6-3-4-8-23(18)31)25-28-29-30-32(25)15-19-7-5-11-34-19/h3-4,6,8,12-14,19,24H,5,7,9-11,15H2,1-2H3,(H,27,33)/t19-,24+/m0/s1. The maximum atomic E-state index is 13.5. The van der Waals surface area contributed by atoms with Gasteiger partial charge in [0.1, 0.15) is 6.04 Å². The van der Waals surface area contributed by atoms with E-state index in [0.29, 0.717) is 17.9 Å². The van der Waals surface area contributed by atoms with Gasteiger partial charge in [0.2, 0.25) is 0 Å². The summed E-state index contributed by atoms with van der Waals surface area (Å²) in [6, 6.07) is 14.2. The summed E-state index contributed by atoms with van der Waals surface area (Å²) >= 11 is 0. The lowest BCUT2D eigenvalue weighted by Gasteiger charge is -2.30. The number of tetrazole rings is 1. The zero-order chi connectivity index (χ0) is 23.2. The number of rotatable bonds is 5. The van der Waals surface area contributed by atoms with E-state index < -0.39 is 6.04 Å². The summed E-state index contributed by atoms with van der Waals surface area (Å²) in [6.45, 7) is 6.27. The van der Waals surface area contributed by atoms with Crippen molar-refractivity contribution in [2.75, 3.05) is 18.1 Å². The van der Waals surface area contributed by atoms with Gasteiger partial charge in [-0.15, -0.1) is 5.10 Å². The third kappa shape index (κ3) is 3.58. The fourth-order valence-corrected chi connectivity index (χ4v) is 5.49. The summed E-state index contributed by atoms with van der Waals surface area (Å²) in [5.74, 6) is 0.668. The molecule has 2 aliphatic rings. The van der Waals surface area contributed by atoms with Crippen LogP contribution in [0.25, 0.3) is 10.9 Å². The van der Waals surface area contributed by atoms with Gasteiger partial charge in [0, 0.05) is 35.3 Å². The van der Waals surface area contributed by atoms with Crippen molar-refractivity contribution in [3.05, 3.63) is 80.9 Å². The number of nitrogens with zero attached hydrogens (tertiary/aromatic N) is 5. The molecular weight excluding hydrogens is 428 g/mol. The number of aromatic amines is 1. The van der Waals surface area contributed by atoms with E-state index in [1.165, 1.54) is 5.56 Å². The van der Waals surface area contributed by atoms with Crippen molar-refractivity contribution in [3.8, 4) is 0 Å². The number of aryl methyl sites for hydroxylation is 2. The van der Waals surface area contributed by atoms with Crippen molar-refractivity contribution in [1.82, 2.24) is 25.2 Å². The van der Waals surface area contributed by atoms with Gasteiger partial charge >= 0.3 is 0 Å². The van der Waals surface area contributed by atoms with Gasteiger partial charge in [-0.2, -0.15) is 0 Å². The third-order valence-electron chi connectivity index (χ3n) is 7.08. The van der Waals surface area contributed by atoms with Crippen LogP contribution in [0.1, 0.15) is 47.0 Å². The largest absolute Gasteiger partial charge is 0.376 e. The Labute approximate surface area is 197 Å². The van der Waals surface area contributed by atoms with Crippen LogP contribution in [-0.2, 0) is 17.7 Å². The predicted molar refractivity (Wildman–Crippen MR) is 130 cm³/mol. The first-order chi connectivity index (χ1) is 16.6. The van der Waals surface area contributed by atoms with Gasteiger partial charge in [-0.25, -0.2) is 4.68 Å². The molecule has 8 heteroatoms. The molecule has 6 rings (SSSR count). The smallest absolute Gasteiger partial charge is 0.254 e. The van der Waals surface area contributed by atoms with Gasteiger partial charge < -0.3 is 14.6 Å². The van der Waals surface area contributed by atoms with Crippen LogP contribution in [0.5, 0.6) is 0 Å². The highest BCUT2D eigenvalue weighted by Gasteiger charge is 2.35. The van der Waals surface area contributed by atoms with Crippen LogP contribution < -0.4 is 10.5 Å². The number of anilines is 1. The monoisotopic (exact) mass is 456 g/mol. The van der Waals surface area contributed by atoms with E-state index in [1.54, 1.807) is 0 Å². The maximum absolute atomic E-state index is 13.5. The average Bonchev–Trinajstić information content (AvgIpc) is 3.57. The fourth-order valence-electron chi connectivity index (χ4n) is 5.49. The van der Waals surface area contributed by atoms with Crippen molar-refractivity contribution < 1.29 is 4.74 Å². The van der Waals surface area contributed by atoms with Gasteiger partial charge in [0.05, 0.1) is 12.6 Å². The number of fused-ring (bicyclic) bond motifs is 2. The number of aromatic nitrogens is 5. The molecule has 0 amide bonds. The minimum absolute atomic E-state index is 0.0915. The van der Waals surface area contributed by atoms with Crippen LogP contribution >= 0.6 is 0 Å². The normalized spacial score (nSPS) is 18.5. The van der Waals surface area contributed by atoms with Gasteiger partial charge in [-0.3, -0.25) is 4.79 Å². The molecule has 1 N–H and O–H groups in total. The van der Waals surface area contributed by atoms with Gasteiger partial charge in [-0.1, -0.05) is 24.3 Å². The molecule has 34 heavy (non-hydrogen) atoms. The summed E-state index contributed by atoms with van der Waals surface area (Å²) in [6.07, 6.45) is 3.05. The Bertz CT molecular complexity index is 1420. The van der Waals surface area contributed by atoms with E-state index in [4.69, 9.17) is 4.74 Å². The summed E-state index contributed by atoms with van der Waals surface area (Å²) in [5.41, 5.74) is 6.05. The Morgan fingerprint density at radius 2 is 2.09 bits per heavy atom. The molecule has 0 unspecified atom stereocenters. The van der Waals surface area contributed by atoms with E-state index in [-0.39, 0.29) is 11.7 Å². The SMILES string of the molecule is Cc1cc(C)c2cc([C@H](c3nnnn3C[C@@H]3CCCO3)N3CCc4ccccc43)c(=O)[nH]c2c1. The summed E-state index contributed by atoms with van der Waals surface area (Å²) in [4.78, 5) is 18.9. The summed E-state index contributed by atoms with van der Waals surface area (Å²) in [5, 5.41) is 13.8. The molecule has 174 valence electrons. The zero-order valence-electron chi connectivity index (χ0n) is 19.5. The molecule has 2 atom stereocenters. The minimum Gasteiger partial charge on any atom is -0.376 e. The number of hydrogen-bond donors (Lipinski definition) is 1. The third-order valence-corrected chi connectivity index (χ3v) is 7.08. The first-order valence-electron chi connectivity index (χ1n) is 11.9. The highest BCUT2D eigenvalue weighted by atomic mass is 16.5. The molecule has 0 spiro atoms. The van der Waals surface area contributed by atoms with Crippen molar-refractivity contribution >= 4 is 16.6 Å². The molecule has 0 bridgehead atoms. The van der Waals surface area contributed by atoms with E-state index in [1.807, 2.05) is 29.8 Å². The molecule has 2 aliphatic heterocycles. The van der Waals surface area contributed by atoms with Gasteiger partial charge in [-0.05, 0) is 78.4 Å². The van der Waals surface area contributed by atoms with Crippen LogP contribution in [0.4, 0.5) is 5.69 Å². The Kier molecular flexibility index (Phi) is 5.17. The number of pyridine rings is 1. The number of ether oxygens (including phenoxy) is 1. The first kappa shape index (κ1) is 21.0. The molecule has 8 nitrogen and oxygen atoms in total. The number of H-pyrrole nitrogens is 1. The van der Waals surface area contributed by atoms with Crippen molar-refractivity contribution in [3.63, 3.8) is 0 Å². The van der Waals surface area contributed by atoms with E-state index in [9.17, 15) is 4.79 Å². The Hall–Kier alpha value is -3.52. The Morgan fingerprint density at radius 1 is 1.21 bits per heavy atom. The molecular formula is C26H28N6O2. The van der Waals surface area contributed by atoms with Crippen molar-refractivity contribution in [1.29, 1.82) is 0 Å². The second-order valence-corrected chi connectivity index (χ2v) is 9.43. The van der Waals surface area contributed by atoms with Crippen LogP contribution in [0.2, 0.25) is 0 Å². The molecule has 0 saturated carbocycles. The maximum Gasteiger partial charge on any atom is 0.254 e. The van der Waals surface area contributed by atoms with Gasteiger partial charge in [0.15, 0.2) is 5.82 Å². The highest BCUT2D eigenvalue weighted by Crippen LogP contribution is 2.37. The molecule has 4 aromatic rings. The van der Waals surface area contributed by atoms with Crippen LogP contribution in [0.3, 0.4) is 0 Å². The summed E-state index contributed by atoms with van der Waals surface area (Å²) in [7, 11) is 0. The number of para-hydroxylation sites is 1. The van der Waals surface area contributed by atoms with E-state index >= 15 is 0 Å². The molecule has 0 aliphatic carbocycles. The number of benzene rings is 2. The van der Waals surface area contributed by atoms with Crippen LogP contribution in [0, 0.1) is 13.8 Å². The lowest BCUT2D eigenvalue weighted by Crippen LogP contribution is -2.35. The predicted octanol–water partition coefficient (Wildman–Crippen LogP) is 3.46. The molecule has 0 radical (unpaired) electrons. The van der Waals surface area contributed by atoms with Crippen molar-refractivity contribution in [2.45, 2.75) is 51.8 Å². The van der Waals surface area contributed by atoms with Crippen molar-refractivity contribution in [2.24, 2.45) is 0 Å². The molecule has 1 saturated heterocycles. The lowest BCUT2D eigenvalue weighted by molar-refractivity contribution is 0.0924. The Balaban J connectivity index is 1.53. The minimum atomic E-state index is -0.408.